The molecular formula is C24H18FN3O2S. The van der Waals surface area contributed by atoms with E-state index in [2.05, 4.69) is 15.3 Å². The Morgan fingerprint density at radius 3 is 2.58 bits per heavy atom. The molecule has 0 fully saturated rings. The molecule has 0 aliphatic carbocycles. The Kier molecular flexibility index (Phi) is 6.54. The Balaban J connectivity index is 1.33. The molecule has 0 atom stereocenters. The van der Waals surface area contributed by atoms with Gasteiger partial charge in [-0.2, -0.15) is 0 Å². The molecule has 0 unspecified atom stereocenters. The Morgan fingerprint density at radius 2 is 1.87 bits per heavy atom. The molecule has 7 heteroatoms. The standard InChI is InChI=1S/C24H18FN3O2S/c25-21-14-17(6-11-22(21)30-19-4-3-12-26-16-19)15-28-24(29)18-7-9-20(10-8-18)31-23-5-1-2-13-27-23/h1-14,16H,15H2,(H,28,29). The third kappa shape index (κ3) is 5.67. The van der Waals surface area contributed by atoms with Crippen molar-refractivity contribution in [3.05, 3.63) is 108 Å². The molecule has 154 valence electrons. The number of aromatic nitrogens is 2. The van der Waals surface area contributed by atoms with Crippen LogP contribution < -0.4 is 10.1 Å². The number of halogens is 1. The van der Waals surface area contributed by atoms with Gasteiger partial charge in [0.15, 0.2) is 11.6 Å². The normalized spacial score (nSPS) is 10.5. The van der Waals surface area contributed by atoms with E-state index in [1.54, 1.807) is 42.7 Å². The SMILES string of the molecule is O=C(NCc1ccc(Oc2cccnc2)c(F)c1)c1ccc(Sc2ccccn2)cc1. The number of nitrogens with one attached hydrogen (secondary N) is 1. The third-order valence-electron chi connectivity index (χ3n) is 4.29. The number of hydrogen-bond acceptors (Lipinski definition) is 5. The van der Waals surface area contributed by atoms with Crippen LogP contribution in [-0.2, 0) is 6.54 Å². The number of amides is 1. The van der Waals surface area contributed by atoms with Crippen LogP contribution in [0.2, 0.25) is 0 Å². The summed E-state index contributed by atoms with van der Waals surface area (Å²) in [6, 6.07) is 21.0. The quantitative estimate of drug-likeness (QED) is 0.419. The van der Waals surface area contributed by atoms with Crippen molar-refractivity contribution in [1.82, 2.24) is 15.3 Å². The van der Waals surface area contributed by atoms with Crippen molar-refractivity contribution in [2.75, 3.05) is 0 Å². The van der Waals surface area contributed by atoms with Gasteiger partial charge in [0.1, 0.15) is 10.8 Å². The summed E-state index contributed by atoms with van der Waals surface area (Å²) in [7, 11) is 0. The molecule has 2 aromatic carbocycles. The van der Waals surface area contributed by atoms with Gasteiger partial charge in [-0.15, -0.1) is 0 Å². The lowest BCUT2D eigenvalue weighted by Gasteiger charge is -2.09. The molecule has 0 saturated carbocycles. The summed E-state index contributed by atoms with van der Waals surface area (Å²) in [6.07, 6.45) is 4.86. The molecule has 0 saturated heterocycles. The second kappa shape index (κ2) is 9.86. The average Bonchev–Trinajstić information content (AvgIpc) is 2.81. The van der Waals surface area contributed by atoms with E-state index in [0.29, 0.717) is 16.9 Å². The zero-order valence-corrected chi connectivity index (χ0v) is 17.2. The van der Waals surface area contributed by atoms with E-state index in [0.717, 1.165) is 9.92 Å². The largest absolute Gasteiger partial charge is 0.453 e. The summed E-state index contributed by atoms with van der Waals surface area (Å²) in [4.78, 5) is 21.6. The predicted octanol–water partition coefficient (Wildman–Crippen LogP) is 5.49. The Morgan fingerprint density at radius 1 is 1.00 bits per heavy atom. The molecule has 4 aromatic rings. The topological polar surface area (TPSA) is 64.1 Å². The summed E-state index contributed by atoms with van der Waals surface area (Å²) in [6.45, 7) is 0.202. The fourth-order valence-corrected chi connectivity index (χ4v) is 3.53. The second-order valence-electron chi connectivity index (χ2n) is 6.53. The monoisotopic (exact) mass is 431 g/mol. The van der Waals surface area contributed by atoms with Crippen LogP contribution in [0.15, 0.2) is 101 Å². The fraction of sp³-hybridized carbons (Fsp3) is 0.0417. The van der Waals surface area contributed by atoms with Crippen LogP contribution in [0.3, 0.4) is 0 Å². The first-order chi connectivity index (χ1) is 15.2. The van der Waals surface area contributed by atoms with Crippen molar-refractivity contribution in [3.63, 3.8) is 0 Å². The van der Waals surface area contributed by atoms with E-state index in [1.165, 1.54) is 30.1 Å². The van der Waals surface area contributed by atoms with E-state index in [-0.39, 0.29) is 18.2 Å². The second-order valence-corrected chi connectivity index (χ2v) is 7.63. The highest BCUT2D eigenvalue weighted by Crippen LogP contribution is 2.26. The molecule has 5 nitrogen and oxygen atoms in total. The van der Waals surface area contributed by atoms with Crippen LogP contribution in [0.25, 0.3) is 0 Å². The van der Waals surface area contributed by atoms with Crippen LogP contribution in [0, 0.1) is 5.82 Å². The Hall–Kier alpha value is -3.71. The van der Waals surface area contributed by atoms with Gasteiger partial charge in [0, 0.05) is 29.4 Å². The minimum Gasteiger partial charge on any atom is -0.453 e. The van der Waals surface area contributed by atoms with Gasteiger partial charge in [0.25, 0.3) is 5.91 Å². The smallest absolute Gasteiger partial charge is 0.251 e. The minimum atomic E-state index is -0.508. The van der Waals surface area contributed by atoms with Crippen molar-refractivity contribution in [2.24, 2.45) is 0 Å². The van der Waals surface area contributed by atoms with Crippen molar-refractivity contribution in [2.45, 2.75) is 16.5 Å². The van der Waals surface area contributed by atoms with Crippen molar-refractivity contribution in [1.29, 1.82) is 0 Å². The first kappa shape index (κ1) is 20.6. The number of pyridine rings is 2. The van der Waals surface area contributed by atoms with Crippen LogP contribution in [0.4, 0.5) is 4.39 Å². The Labute approximate surface area is 183 Å². The molecule has 0 spiro atoms. The van der Waals surface area contributed by atoms with E-state index >= 15 is 0 Å². The van der Waals surface area contributed by atoms with Gasteiger partial charge in [-0.05, 0) is 66.2 Å². The summed E-state index contributed by atoms with van der Waals surface area (Å²) >= 11 is 1.52. The zero-order valence-electron chi connectivity index (χ0n) is 16.4. The molecule has 1 amide bonds. The first-order valence-electron chi connectivity index (χ1n) is 9.51. The van der Waals surface area contributed by atoms with E-state index < -0.39 is 5.82 Å². The highest BCUT2D eigenvalue weighted by Gasteiger charge is 2.09. The fourth-order valence-electron chi connectivity index (χ4n) is 2.76. The molecular weight excluding hydrogens is 413 g/mol. The van der Waals surface area contributed by atoms with Gasteiger partial charge in [0.2, 0.25) is 0 Å². The van der Waals surface area contributed by atoms with Crippen LogP contribution >= 0.6 is 11.8 Å². The predicted molar refractivity (Wildman–Crippen MR) is 117 cm³/mol. The van der Waals surface area contributed by atoms with Gasteiger partial charge in [-0.25, -0.2) is 9.37 Å². The lowest BCUT2D eigenvalue weighted by molar-refractivity contribution is 0.0951. The molecule has 0 aliphatic rings. The number of carbonyl (C=O) groups is 1. The molecule has 2 heterocycles. The van der Waals surface area contributed by atoms with Gasteiger partial charge in [-0.1, -0.05) is 23.9 Å². The maximum absolute atomic E-state index is 14.3. The van der Waals surface area contributed by atoms with Gasteiger partial charge < -0.3 is 10.1 Å². The number of carbonyl (C=O) groups excluding carboxylic acids is 1. The first-order valence-corrected chi connectivity index (χ1v) is 10.3. The van der Waals surface area contributed by atoms with Crippen LogP contribution in [0.1, 0.15) is 15.9 Å². The highest BCUT2D eigenvalue weighted by molar-refractivity contribution is 7.99. The molecule has 1 N–H and O–H groups in total. The molecule has 0 radical (unpaired) electrons. The lowest BCUT2D eigenvalue weighted by atomic mass is 10.2. The van der Waals surface area contributed by atoms with Crippen molar-refractivity contribution >= 4 is 17.7 Å². The van der Waals surface area contributed by atoms with Gasteiger partial charge in [-0.3, -0.25) is 9.78 Å². The maximum atomic E-state index is 14.3. The van der Waals surface area contributed by atoms with E-state index in [4.69, 9.17) is 4.74 Å². The van der Waals surface area contributed by atoms with E-state index in [1.807, 2.05) is 30.3 Å². The molecule has 2 aromatic heterocycles. The minimum absolute atomic E-state index is 0.101. The zero-order chi connectivity index (χ0) is 21.5. The molecule has 0 bridgehead atoms. The number of benzene rings is 2. The number of hydrogen-bond donors (Lipinski definition) is 1. The third-order valence-corrected chi connectivity index (χ3v) is 5.25. The lowest BCUT2D eigenvalue weighted by Crippen LogP contribution is -2.22. The maximum Gasteiger partial charge on any atom is 0.251 e. The van der Waals surface area contributed by atoms with Crippen molar-refractivity contribution in [3.8, 4) is 11.5 Å². The average molecular weight is 431 g/mol. The number of ether oxygens (including phenoxy) is 1. The molecule has 31 heavy (non-hydrogen) atoms. The molecule has 0 aliphatic heterocycles. The highest BCUT2D eigenvalue weighted by atomic mass is 32.2. The summed E-state index contributed by atoms with van der Waals surface area (Å²) in [5, 5.41) is 3.69. The van der Waals surface area contributed by atoms with Crippen LogP contribution in [0.5, 0.6) is 11.5 Å². The summed E-state index contributed by atoms with van der Waals surface area (Å²) in [5.41, 5.74) is 1.16. The van der Waals surface area contributed by atoms with Crippen LogP contribution in [-0.4, -0.2) is 15.9 Å². The summed E-state index contributed by atoms with van der Waals surface area (Å²) in [5.74, 6) is -0.187. The van der Waals surface area contributed by atoms with Crippen molar-refractivity contribution < 1.29 is 13.9 Å². The van der Waals surface area contributed by atoms with Gasteiger partial charge in [0.05, 0.1) is 6.20 Å². The number of nitrogens with zero attached hydrogens (tertiary/aromatic N) is 2. The van der Waals surface area contributed by atoms with E-state index in [9.17, 15) is 9.18 Å². The van der Waals surface area contributed by atoms with Gasteiger partial charge >= 0.3 is 0 Å². The number of rotatable bonds is 7. The summed E-state index contributed by atoms with van der Waals surface area (Å²) < 4.78 is 19.8. The molecule has 4 rings (SSSR count). The Bertz CT molecular complexity index is 1160.